The van der Waals surface area contributed by atoms with Gasteiger partial charge in [-0.1, -0.05) is 11.6 Å². The Kier molecular flexibility index (Phi) is 6.96. The zero-order chi connectivity index (χ0) is 15.1. The molecular formula is C15H23ClN2O2S. The second-order valence-corrected chi connectivity index (χ2v) is 6.98. The number of halogens is 1. The smallest absolute Gasteiger partial charge is 0.225 e. The van der Waals surface area contributed by atoms with Gasteiger partial charge in [-0.25, -0.2) is 0 Å². The summed E-state index contributed by atoms with van der Waals surface area (Å²) >= 11 is 7.45. The van der Waals surface area contributed by atoms with E-state index in [1.54, 1.807) is 0 Å². The number of nitrogens with zero attached hydrogens (tertiary/aromatic N) is 1. The molecule has 1 N–H and O–H groups in total. The van der Waals surface area contributed by atoms with Gasteiger partial charge in [-0.15, -0.1) is 11.3 Å². The third kappa shape index (κ3) is 5.58. The van der Waals surface area contributed by atoms with E-state index >= 15 is 0 Å². The number of thiophene rings is 1. The van der Waals surface area contributed by atoms with Crippen LogP contribution in [0.25, 0.3) is 0 Å². The van der Waals surface area contributed by atoms with E-state index in [9.17, 15) is 4.79 Å². The Morgan fingerprint density at radius 1 is 1.48 bits per heavy atom. The molecule has 1 aliphatic rings. The largest absolute Gasteiger partial charge is 0.378 e. The van der Waals surface area contributed by atoms with Gasteiger partial charge in [0.1, 0.15) is 0 Å². The molecule has 4 nitrogen and oxygen atoms in total. The molecule has 0 aromatic carbocycles. The van der Waals surface area contributed by atoms with Gasteiger partial charge in [0.2, 0.25) is 5.91 Å². The van der Waals surface area contributed by atoms with E-state index in [1.807, 2.05) is 24.0 Å². The number of hydrogen-bond donors (Lipinski definition) is 1. The molecule has 1 aromatic heterocycles. The quantitative estimate of drug-likeness (QED) is 0.835. The first-order valence-electron chi connectivity index (χ1n) is 7.53. The summed E-state index contributed by atoms with van der Waals surface area (Å²) in [6.45, 7) is 5.89. The summed E-state index contributed by atoms with van der Waals surface area (Å²) in [5.74, 6) is 0.149. The van der Waals surface area contributed by atoms with Crippen LogP contribution in [-0.2, 0) is 16.1 Å². The van der Waals surface area contributed by atoms with Crippen molar-refractivity contribution in [3.05, 3.63) is 21.3 Å². The second kappa shape index (κ2) is 8.73. The summed E-state index contributed by atoms with van der Waals surface area (Å²) in [4.78, 5) is 15.2. The molecule has 0 unspecified atom stereocenters. The molecule has 0 saturated carbocycles. The van der Waals surface area contributed by atoms with Gasteiger partial charge in [0, 0.05) is 11.4 Å². The number of carbonyl (C=O) groups excluding carboxylic acids is 1. The molecule has 0 atom stereocenters. The summed E-state index contributed by atoms with van der Waals surface area (Å²) in [6.07, 6.45) is 2.85. The summed E-state index contributed by atoms with van der Waals surface area (Å²) in [7, 11) is 0. The zero-order valence-electron chi connectivity index (χ0n) is 12.4. The lowest BCUT2D eigenvalue weighted by atomic mass is 10.1. The molecule has 1 fully saturated rings. The fraction of sp³-hybridized carbons (Fsp3) is 0.667. The van der Waals surface area contributed by atoms with Gasteiger partial charge >= 0.3 is 0 Å². The predicted molar refractivity (Wildman–Crippen MR) is 86.9 cm³/mol. The Bertz CT molecular complexity index is 447. The first kappa shape index (κ1) is 16.7. The summed E-state index contributed by atoms with van der Waals surface area (Å²) < 4.78 is 6.56. The van der Waals surface area contributed by atoms with Crippen molar-refractivity contribution in [2.24, 2.45) is 0 Å². The molecule has 1 aliphatic heterocycles. The SMILES string of the molecule is CCN(Cc1ccc(Cl)s1)C(=O)CCOC1CCNCC1. The van der Waals surface area contributed by atoms with Gasteiger partial charge in [0.25, 0.3) is 0 Å². The van der Waals surface area contributed by atoms with E-state index in [4.69, 9.17) is 16.3 Å². The molecular weight excluding hydrogens is 308 g/mol. The van der Waals surface area contributed by atoms with Gasteiger partial charge in [-0.05, 0) is 45.0 Å². The Balaban J connectivity index is 1.72. The number of hydrogen-bond acceptors (Lipinski definition) is 4. The Morgan fingerprint density at radius 2 is 2.24 bits per heavy atom. The first-order valence-corrected chi connectivity index (χ1v) is 8.72. The number of ether oxygens (including phenoxy) is 1. The minimum Gasteiger partial charge on any atom is -0.378 e. The number of nitrogens with one attached hydrogen (secondary N) is 1. The van der Waals surface area contributed by atoms with Crippen LogP contribution in [0.1, 0.15) is 31.1 Å². The van der Waals surface area contributed by atoms with E-state index in [0.29, 0.717) is 32.2 Å². The van der Waals surface area contributed by atoms with E-state index in [-0.39, 0.29) is 5.91 Å². The van der Waals surface area contributed by atoms with Crippen molar-refractivity contribution in [1.82, 2.24) is 10.2 Å². The molecule has 21 heavy (non-hydrogen) atoms. The van der Waals surface area contributed by atoms with Crippen molar-refractivity contribution in [3.63, 3.8) is 0 Å². The summed E-state index contributed by atoms with van der Waals surface area (Å²) in [6, 6.07) is 3.86. The number of piperidine rings is 1. The van der Waals surface area contributed by atoms with Crippen LogP contribution in [0.15, 0.2) is 12.1 Å². The molecule has 0 radical (unpaired) electrons. The van der Waals surface area contributed by atoms with E-state index in [0.717, 1.165) is 35.1 Å². The maximum Gasteiger partial charge on any atom is 0.225 e. The Hall–Kier alpha value is -0.620. The van der Waals surface area contributed by atoms with Crippen LogP contribution >= 0.6 is 22.9 Å². The van der Waals surface area contributed by atoms with Crippen LogP contribution in [0.2, 0.25) is 4.34 Å². The minimum atomic E-state index is 0.149. The highest BCUT2D eigenvalue weighted by Gasteiger charge is 2.16. The Morgan fingerprint density at radius 3 is 2.86 bits per heavy atom. The molecule has 1 aromatic rings. The molecule has 0 aliphatic carbocycles. The van der Waals surface area contributed by atoms with Crippen molar-refractivity contribution in [2.45, 2.75) is 38.8 Å². The highest BCUT2D eigenvalue weighted by Crippen LogP contribution is 2.22. The highest BCUT2D eigenvalue weighted by atomic mass is 35.5. The minimum absolute atomic E-state index is 0.149. The maximum atomic E-state index is 12.2. The lowest BCUT2D eigenvalue weighted by Gasteiger charge is -2.24. The van der Waals surface area contributed by atoms with Crippen LogP contribution in [0.5, 0.6) is 0 Å². The van der Waals surface area contributed by atoms with Crippen LogP contribution in [-0.4, -0.2) is 43.2 Å². The maximum absolute atomic E-state index is 12.2. The van der Waals surface area contributed by atoms with Gasteiger partial charge in [-0.3, -0.25) is 4.79 Å². The summed E-state index contributed by atoms with van der Waals surface area (Å²) in [5.41, 5.74) is 0. The number of amides is 1. The molecule has 0 bridgehead atoms. The third-order valence-electron chi connectivity index (χ3n) is 3.67. The van der Waals surface area contributed by atoms with Crippen molar-refractivity contribution in [1.29, 1.82) is 0 Å². The van der Waals surface area contributed by atoms with Crippen molar-refractivity contribution in [2.75, 3.05) is 26.2 Å². The Labute approximate surface area is 135 Å². The summed E-state index contributed by atoms with van der Waals surface area (Å²) in [5, 5.41) is 3.31. The van der Waals surface area contributed by atoms with Crippen molar-refractivity contribution in [3.8, 4) is 0 Å². The fourth-order valence-electron chi connectivity index (χ4n) is 2.43. The van der Waals surface area contributed by atoms with Gasteiger partial charge < -0.3 is 15.0 Å². The van der Waals surface area contributed by atoms with E-state index in [2.05, 4.69) is 5.32 Å². The molecule has 1 amide bonds. The number of rotatable bonds is 7. The third-order valence-corrected chi connectivity index (χ3v) is 4.88. The molecule has 2 rings (SSSR count). The molecule has 1 saturated heterocycles. The number of carbonyl (C=O) groups is 1. The van der Waals surface area contributed by atoms with E-state index < -0.39 is 0 Å². The second-order valence-electron chi connectivity index (χ2n) is 5.18. The predicted octanol–water partition coefficient (Wildman–Crippen LogP) is 2.91. The molecule has 6 heteroatoms. The molecule has 0 spiro atoms. The van der Waals surface area contributed by atoms with Crippen molar-refractivity contribution < 1.29 is 9.53 Å². The van der Waals surface area contributed by atoms with Crippen LogP contribution in [0.4, 0.5) is 0 Å². The van der Waals surface area contributed by atoms with Gasteiger partial charge in [-0.2, -0.15) is 0 Å². The van der Waals surface area contributed by atoms with Crippen molar-refractivity contribution >= 4 is 28.8 Å². The standard InChI is InChI=1S/C15H23ClN2O2S/c1-2-18(11-13-3-4-14(16)21-13)15(19)7-10-20-12-5-8-17-9-6-12/h3-4,12,17H,2,5-11H2,1H3. The highest BCUT2D eigenvalue weighted by molar-refractivity contribution is 7.16. The monoisotopic (exact) mass is 330 g/mol. The van der Waals surface area contributed by atoms with Gasteiger partial charge in [0.05, 0.1) is 30.0 Å². The molecule has 118 valence electrons. The molecule has 2 heterocycles. The fourth-order valence-corrected chi connectivity index (χ4v) is 3.54. The van der Waals surface area contributed by atoms with Crippen LogP contribution < -0.4 is 5.32 Å². The normalized spacial score (nSPS) is 16.1. The van der Waals surface area contributed by atoms with Gasteiger partial charge in [0.15, 0.2) is 0 Å². The lowest BCUT2D eigenvalue weighted by Crippen LogP contribution is -2.34. The van der Waals surface area contributed by atoms with E-state index in [1.165, 1.54) is 11.3 Å². The average molecular weight is 331 g/mol. The first-order chi connectivity index (χ1) is 10.2. The zero-order valence-corrected chi connectivity index (χ0v) is 14.0. The topological polar surface area (TPSA) is 41.6 Å². The van der Waals surface area contributed by atoms with Crippen LogP contribution in [0, 0.1) is 0 Å². The van der Waals surface area contributed by atoms with Crippen LogP contribution in [0.3, 0.4) is 0 Å². The lowest BCUT2D eigenvalue weighted by molar-refractivity contribution is -0.133. The average Bonchev–Trinajstić information content (AvgIpc) is 2.91.